The van der Waals surface area contributed by atoms with Gasteiger partial charge in [0.1, 0.15) is 5.69 Å². The molecule has 0 aromatic carbocycles. The van der Waals surface area contributed by atoms with Crippen LogP contribution in [0.25, 0.3) is 0 Å². The van der Waals surface area contributed by atoms with Gasteiger partial charge in [-0.3, -0.25) is 5.10 Å². The molecule has 1 aromatic rings. The lowest BCUT2D eigenvalue weighted by molar-refractivity contribution is -0.0533. The average Bonchev–Trinajstić information content (AvgIpc) is 2.46. The number of hydrogen-bond acceptors (Lipinski definition) is 4. The molecule has 1 N–H and O–H groups in total. The van der Waals surface area contributed by atoms with Gasteiger partial charge < -0.3 is 9.47 Å². The summed E-state index contributed by atoms with van der Waals surface area (Å²) in [5.41, 5.74) is 0.195. The van der Waals surface area contributed by atoms with Crippen LogP contribution >= 0.6 is 0 Å². The van der Waals surface area contributed by atoms with Gasteiger partial charge in [-0.25, -0.2) is 4.79 Å². The molecule has 0 spiro atoms. The first-order valence-electron chi connectivity index (χ1n) is 3.64. The second kappa shape index (κ2) is 4.03. The summed E-state index contributed by atoms with van der Waals surface area (Å²) >= 11 is 0. The third-order valence-corrected chi connectivity index (χ3v) is 1.56. The fourth-order valence-electron chi connectivity index (χ4n) is 0.881. The molecule has 0 atom stereocenters. The van der Waals surface area contributed by atoms with Gasteiger partial charge >= 0.3 is 12.6 Å². The molecule has 0 radical (unpaired) electrons. The molecule has 0 saturated carbocycles. The van der Waals surface area contributed by atoms with Crippen molar-refractivity contribution < 1.29 is 23.0 Å². The summed E-state index contributed by atoms with van der Waals surface area (Å²) in [4.78, 5) is 11.0. The van der Waals surface area contributed by atoms with Gasteiger partial charge in [0.25, 0.3) is 0 Å². The van der Waals surface area contributed by atoms with Gasteiger partial charge in [-0.2, -0.15) is 8.78 Å². The molecular formula is C7H8F2N2O3. The van der Waals surface area contributed by atoms with Crippen LogP contribution in [-0.4, -0.2) is 29.9 Å². The van der Waals surface area contributed by atoms with E-state index in [2.05, 4.69) is 19.7 Å². The Morgan fingerprint density at radius 1 is 1.57 bits per heavy atom. The van der Waals surface area contributed by atoms with Crippen molar-refractivity contribution in [1.82, 2.24) is 10.2 Å². The molecule has 0 aliphatic rings. The first-order valence-corrected chi connectivity index (χ1v) is 3.64. The minimum absolute atomic E-state index is 0.00292. The quantitative estimate of drug-likeness (QED) is 0.752. The Morgan fingerprint density at radius 2 is 2.21 bits per heavy atom. The van der Waals surface area contributed by atoms with Gasteiger partial charge in [-0.05, 0) is 6.92 Å². The van der Waals surface area contributed by atoms with Crippen molar-refractivity contribution in [3.63, 3.8) is 0 Å². The highest BCUT2D eigenvalue weighted by Crippen LogP contribution is 2.19. The van der Waals surface area contributed by atoms with Crippen LogP contribution in [0.1, 0.15) is 16.1 Å². The van der Waals surface area contributed by atoms with Crippen molar-refractivity contribution in [3.8, 4) is 5.88 Å². The first-order chi connectivity index (χ1) is 6.56. The van der Waals surface area contributed by atoms with Gasteiger partial charge in [-0.1, -0.05) is 0 Å². The summed E-state index contributed by atoms with van der Waals surface area (Å²) in [6.45, 7) is -1.55. The maximum atomic E-state index is 11.8. The number of hydrogen-bond donors (Lipinski definition) is 1. The Hall–Kier alpha value is -1.66. The molecule has 7 heteroatoms. The van der Waals surface area contributed by atoms with Crippen molar-refractivity contribution in [3.05, 3.63) is 11.3 Å². The van der Waals surface area contributed by atoms with E-state index >= 15 is 0 Å². The number of nitrogens with zero attached hydrogens (tertiary/aromatic N) is 1. The normalized spacial score (nSPS) is 10.4. The number of aromatic nitrogens is 2. The highest BCUT2D eigenvalue weighted by molar-refractivity contribution is 5.89. The number of esters is 1. The highest BCUT2D eigenvalue weighted by Gasteiger charge is 2.19. The largest absolute Gasteiger partial charge is 0.464 e. The lowest BCUT2D eigenvalue weighted by atomic mass is 10.3. The van der Waals surface area contributed by atoms with Crippen LogP contribution in [0.3, 0.4) is 0 Å². The molecule has 0 unspecified atom stereocenters. The van der Waals surface area contributed by atoms with Crippen LogP contribution < -0.4 is 4.74 Å². The molecule has 1 heterocycles. The van der Waals surface area contributed by atoms with E-state index in [1.165, 1.54) is 14.0 Å². The number of carbonyl (C=O) groups excluding carboxylic acids is 1. The predicted molar refractivity (Wildman–Crippen MR) is 41.3 cm³/mol. The molecule has 0 fully saturated rings. The standard InChI is InChI=1S/C7H8F2N2O3/c1-3-4(6(12)13-2)10-11-5(3)14-7(8)9/h7H,1-2H3,(H,10,11). The SMILES string of the molecule is COC(=O)c1[nH]nc(OC(F)F)c1C. The molecule has 0 bridgehead atoms. The van der Waals surface area contributed by atoms with Crippen LogP contribution in [0.4, 0.5) is 8.78 Å². The smallest absolute Gasteiger partial charge is 0.388 e. The molecule has 0 amide bonds. The molecule has 5 nitrogen and oxygen atoms in total. The van der Waals surface area contributed by atoms with Crippen molar-refractivity contribution in [2.75, 3.05) is 7.11 Å². The topological polar surface area (TPSA) is 64.2 Å². The van der Waals surface area contributed by atoms with Crippen molar-refractivity contribution in [2.24, 2.45) is 0 Å². The number of nitrogens with one attached hydrogen (secondary N) is 1. The third-order valence-electron chi connectivity index (χ3n) is 1.56. The molecular weight excluding hydrogens is 198 g/mol. The van der Waals surface area contributed by atoms with E-state index in [0.717, 1.165) is 0 Å². The Morgan fingerprint density at radius 3 is 2.71 bits per heavy atom. The fourth-order valence-corrected chi connectivity index (χ4v) is 0.881. The van der Waals surface area contributed by atoms with Gasteiger partial charge in [-0.15, -0.1) is 5.10 Å². The Bertz CT molecular complexity index is 338. The molecule has 78 valence electrons. The molecule has 1 aromatic heterocycles. The van der Waals surface area contributed by atoms with Crippen LogP contribution in [0.15, 0.2) is 0 Å². The number of ether oxygens (including phenoxy) is 2. The summed E-state index contributed by atoms with van der Waals surface area (Å²) in [5, 5.41) is 5.64. The fraction of sp³-hybridized carbons (Fsp3) is 0.429. The number of H-pyrrole nitrogens is 1. The number of methoxy groups -OCH3 is 1. The first kappa shape index (κ1) is 10.4. The molecule has 0 aliphatic heterocycles. The minimum atomic E-state index is -2.97. The monoisotopic (exact) mass is 206 g/mol. The van der Waals surface area contributed by atoms with Gasteiger partial charge in [0, 0.05) is 5.56 Å². The number of rotatable bonds is 3. The second-order valence-electron chi connectivity index (χ2n) is 2.40. The van der Waals surface area contributed by atoms with Crippen LogP contribution in [-0.2, 0) is 4.74 Å². The van der Waals surface area contributed by atoms with Gasteiger partial charge in [0.15, 0.2) is 0 Å². The number of alkyl halides is 2. The second-order valence-corrected chi connectivity index (χ2v) is 2.40. The summed E-state index contributed by atoms with van der Waals surface area (Å²) in [6, 6.07) is 0. The lowest BCUT2D eigenvalue weighted by Crippen LogP contribution is -2.05. The number of halogens is 2. The maximum Gasteiger partial charge on any atom is 0.388 e. The van der Waals surface area contributed by atoms with E-state index in [1.807, 2.05) is 0 Å². The van der Waals surface area contributed by atoms with Crippen LogP contribution in [0, 0.1) is 6.92 Å². The van der Waals surface area contributed by atoms with E-state index < -0.39 is 12.6 Å². The minimum Gasteiger partial charge on any atom is -0.464 e. The van der Waals surface area contributed by atoms with E-state index in [9.17, 15) is 13.6 Å². The van der Waals surface area contributed by atoms with E-state index in [-0.39, 0.29) is 17.1 Å². The molecule has 0 saturated heterocycles. The molecule has 1 rings (SSSR count). The van der Waals surface area contributed by atoms with Crippen LogP contribution in [0.5, 0.6) is 5.88 Å². The Balaban J connectivity index is 2.90. The van der Waals surface area contributed by atoms with E-state index in [4.69, 9.17) is 0 Å². The highest BCUT2D eigenvalue weighted by atomic mass is 19.3. The molecule has 14 heavy (non-hydrogen) atoms. The third kappa shape index (κ3) is 1.98. The molecule has 0 aliphatic carbocycles. The number of carbonyl (C=O) groups is 1. The average molecular weight is 206 g/mol. The van der Waals surface area contributed by atoms with Crippen molar-refractivity contribution in [1.29, 1.82) is 0 Å². The van der Waals surface area contributed by atoms with E-state index in [1.54, 1.807) is 0 Å². The van der Waals surface area contributed by atoms with Crippen molar-refractivity contribution >= 4 is 5.97 Å². The summed E-state index contributed by atoms with van der Waals surface area (Å²) in [5.74, 6) is -0.987. The maximum absolute atomic E-state index is 11.8. The van der Waals surface area contributed by atoms with Gasteiger partial charge in [0.2, 0.25) is 5.88 Å². The zero-order chi connectivity index (χ0) is 10.7. The summed E-state index contributed by atoms with van der Waals surface area (Å²) in [7, 11) is 1.18. The van der Waals surface area contributed by atoms with Crippen LogP contribution in [0.2, 0.25) is 0 Å². The summed E-state index contributed by atoms with van der Waals surface area (Å²) in [6.07, 6.45) is 0. The Kier molecular flexibility index (Phi) is 3.00. The zero-order valence-electron chi connectivity index (χ0n) is 7.51. The Labute approximate surface area is 78.0 Å². The summed E-state index contributed by atoms with van der Waals surface area (Å²) < 4.78 is 32.0. The lowest BCUT2D eigenvalue weighted by Gasteiger charge is -2.00. The van der Waals surface area contributed by atoms with Crippen molar-refractivity contribution in [2.45, 2.75) is 13.5 Å². The zero-order valence-corrected chi connectivity index (χ0v) is 7.51. The number of aromatic amines is 1. The van der Waals surface area contributed by atoms with Gasteiger partial charge in [0.05, 0.1) is 7.11 Å². The van der Waals surface area contributed by atoms with E-state index in [0.29, 0.717) is 0 Å². The predicted octanol–water partition coefficient (Wildman–Crippen LogP) is 1.11.